The van der Waals surface area contributed by atoms with E-state index in [1.54, 1.807) is 7.11 Å². The lowest BCUT2D eigenvalue weighted by atomic mass is 9.73. The molecule has 1 aromatic rings. The zero-order chi connectivity index (χ0) is 22.8. The molecule has 1 aromatic carbocycles. The van der Waals surface area contributed by atoms with Gasteiger partial charge in [0.05, 0.1) is 19.1 Å². The zero-order valence-electron chi connectivity index (χ0n) is 19.7. The first-order valence-corrected chi connectivity index (χ1v) is 13.9. The summed E-state index contributed by atoms with van der Waals surface area (Å²) in [4.78, 5) is 0. The zero-order valence-corrected chi connectivity index (χ0v) is 20.7. The smallest absolute Gasteiger partial charge is 0.240 e. The first kappa shape index (κ1) is 22.5. The number of hydrogen-bond acceptors (Lipinski definition) is 6. The van der Waals surface area contributed by atoms with Crippen molar-refractivity contribution < 1.29 is 23.7 Å². The number of fused-ring (bicyclic) bond motifs is 5. The highest BCUT2D eigenvalue weighted by Gasteiger charge is 2.66. The van der Waals surface area contributed by atoms with E-state index < -0.39 is 19.7 Å². The molecule has 6 nitrogen and oxygen atoms in total. The third-order valence-corrected chi connectivity index (χ3v) is 12.0. The van der Waals surface area contributed by atoms with Crippen molar-refractivity contribution >= 4 is 14.2 Å². The van der Waals surface area contributed by atoms with E-state index in [0.29, 0.717) is 18.4 Å². The van der Waals surface area contributed by atoms with Crippen LogP contribution in [0.3, 0.4) is 0 Å². The fraction of sp³-hybridized carbons (Fsp3) is 0.625. The average Bonchev–Trinajstić information content (AvgIpc) is 3.11. The molecule has 31 heavy (non-hydrogen) atoms. The first-order chi connectivity index (χ1) is 14.4. The molecule has 0 radical (unpaired) electrons. The van der Waals surface area contributed by atoms with Crippen LogP contribution in [0.4, 0.5) is 0 Å². The quantitative estimate of drug-likeness (QED) is 0.620. The van der Waals surface area contributed by atoms with Gasteiger partial charge in [-0.1, -0.05) is 32.9 Å². The molecule has 2 N–H and O–H groups in total. The second kappa shape index (κ2) is 7.17. The summed E-state index contributed by atoms with van der Waals surface area (Å²) < 4.78 is 25.6. The molecular formula is C24H35NO5Si. The molecule has 2 heterocycles. The highest BCUT2D eigenvalue weighted by Crippen LogP contribution is 2.64. The molecule has 4 rings (SSSR count). The molecule has 1 aliphatic carbocycles. The monoisotopic (exact) mass is 445 g/mol. The molecule has 0 unspecified atom stereocenters. The lowest BCUT2D eigenvalue weighted by molar-refractivity contribution is -0.200. The Kier molecular flexibility index (Phi) is 5.21. The van der Waals surface area contributed by atoms with Crippen LogP contribution in [0.25, 0.3) is 0 Å². The van der Waals surface area contributed by atoms with Crippen molar-refractivity contribution in [3.05, 3.63) is 41.0 Å². The SMILES string of the molecule is COc1cccc2c1[C@@H]1C[C@@](C)(O[C@@]13C=C(CCO)C(=N)O3)[C@@H]2O[Si](C)(C)C(C)(C)C. The van der Waals surface area contributed by atoms with Crippen molar-refractivity contribution in [1.29, 1.82) is 5.41 Å². The number of nitrogens with one attached hydrogen (secondary N) is 1. The van der Waals surface area contributed by atoms with Crippen LogP contribution in [0.1, 0.15) is 63.7 Å². The second-order valence-electron chi connectivity index (χ2n) is 10.7. The number of rotatable bonds is 5. The Morgan fingerprint density at radius 3 is 2.61 bits per heavy atom. The van der Waals surface area contributed by atoms with Crippen LogP contribution in [0, 0.1) is 5.41 Å². The van der Waals surface area contributed by atoms with E-state index >= 15 is 0 Å². The number of methoxy groups -OCH3 is 1. The predicted octanol–water partition coefficient (Wildman–Crippen LogP) is 5.05. The summed E-state index contributed by atoms with van der Waals surface area (Å²) in [5.41, 5.74) is 2.19. The van der Waals surface area contributed by atoms with Gasteiger partial charge in [-0.15, -0.1) is 0 Å². The van der Waals surface area contributed by atoms with E-state index in [0.717, 1.165) is 16.9 Å². The Morgan fingerprint density at radius 1 is 1.29 bits per heavy atom. The van der Waals surface area contributed by atoms with Crippen LogP contribution >= 0.6 is 0 Å². The maximum absolute atomic E-state index is 9.43. The van der Waals surface area contributed by atoms with Gasteiger partial charge >= 0.3 is 0 Å². The minimum absolute atomic E-state index is 0.0351. The van der Waals surface area contributed by atoms with Crippen LogP contribution in [0.2, 0.25) is 18.1 Å². The fourth-order valence-electron chi connectivity index (χ4n) is 4.91. The first-order valence-electron chi connectivity index (χ1n) is 11.0. The molecule has 2 aliphatic heterocycles. The molecule has 0 saturated carbocycles. The van der Waals surface area contributed by atoms with Crippen molar-refractivity contribution in [3.8, 4) is 5.75 Å². The summed E-state index contributed by atoms with van der Waals surface area (Å²) in [6, 6.07) is 6.08. The third kappa shape index (κ3) is 3.37. The van der Waals surface area contributed by atoms with E-state index in [1.807, 2.05) is 18.2 Å². The molecule has 3 aliphatic rings. The maximum atomic E-state index is 9.43. The van der Waals surface area contributed by atoms with E-state index in [-0.39, 0.29) is 29.6 Å². The van der Waals surface area contributed by atoms with Gasteiger partial charge in [-0.2, -0.15) is 0 Å². The van der Waals surface area contributed by atoms with E-state index in [2.05, 4.69) is 46.9 Å². The number of hydrogen-bond donors (Lipinski definition) is 2. The molecule has 0 aromatic heterocycles. The molecule has 4 atom stereocenters. The Labute approximate surface area is 186 Å². The summed E-state index contributed by atoms with van der Waals surface area (Å²) >= 11 is 0. The van der Waals surface area contributed by atoms with Gasteiger partial charge in [-0.25, -0.2) is 0 Å². The molecule has 1 spiro atoms. The van der Waals surface area contributed by atoms with E-state index in [9.17, 15) is 5.11 Å². The maximum Gasteiger partial charge on any atom is 0.240 e. The Morgan fingerprint density at radius 2 is 2.00 bits per heavy atom. The molecule has 170 valence electrons. The van der Waals surface area contributed by atoms with Crippen molar-refractivity contribution in [3.63, 3.8) is 0 Å². The summed E-state index contributed by atoms with van der Waals surface area (Å²) in [6.07, 6.45) is 2.71. The lowest BCUT2D eigenvalue weighted by Gasteiger charge is -2.45. The van der Waals surface area contributed by atoms with Gasteiger partial charge in [0.25, 0.3) is 0 Å². The van der Waals surface area contributed by atoms with Crippen molar-refractivity contribution in [2.45, 2.75) is 82.1 Å². The van der Waals surface area contributed by atoms with Gasteiger partial charge in [0.15, 0.2) is 8.32 Å². The number of aliphatic hydroxyl groups is 1. The molecule has 0 amide bonds. The van der Waals surface area contributed by atoms with Gasteiger partial charge in [-0.3, -0.25) is 5.41 Å². The van der Waals surface area contributed by atoms with Gasteiger partial charge in [0.2, 0.25) is 11.7 Å². The Hall–Kier alpha value is -1.67. The van der Waals surface area contributed by atoms with Gasteiger partial charge < -0.3 is 23.7 Å². The van der Waals surface area contributed by atoms with Crippen LogP contribution in [0.15, 0.2) is 29.8 Å². The number of ether oxygens (including phenoxy) is 3. The molecule has 7 heteroatoms. The number of aliphatic hydroxyl groups excluding tert-OH is 1. The lowest BCUT2D eigenvalue weighted by Crippen LogP contribution is -2.48. The van der Waals surface area contributed by atoms with Crippen LogP contribution in [0.5, 0.6) is 5.75 Å². The van der Waals surface area contributed by atoms with Crippen LogP contribution in [-0.4, -0.2) is 44.4 Å². The molecule has 1 saturated heterocycles. The molecule has 1 fully saturated rings. The Bertz CT molecular complexity index is 936. The van der Waals surface area contributed by atoms with Crippen LogP contribution < -0.4 is 4.74 Å². The van der Waals surface area contributed by atoms with Crippen molar-refractivity contribution in [2.75, 3.05) is 13.7 Å². The molecule has 2 bridgehead atoms. The summed E-state index contributed by atoms with van der Waals surface area (Å²) in [5, 5.41) is 17.8. The van der Waals surface area contributed by atoms with E-state index in [4.69, 9.17) is 24.0 Å². The highest BCUT2D eigenvalue weighted by molar-refractivity contribution is 6.74. The standard InChI is InChI=1S/C24H35NO5Si/c1-22(2,3)31(6,7)29-20-16-9-8-10-18(27-5)19(16)17-14-23(20,4)30-24(17)13-15(11-12-26)21(25)28-24/h8-10,13,17,20,25-26H,11-12,14H2,1-7H3/t17-,20+,23+,24-/m0/s1. The summed E-state index contributed by atoms with van der Waals surface area (Å²) in [6.45, 7) is 13.3. The summed E-state index contributed by atoms with van der Waals surface area (Å²) in [5.74, 6) is -0.342. The van der Waals surface area contributed by atoms with Crippen molar-refractivity contribution in [1.82, 2.24) is 0 Å². The summed E-state index contributed by atoms with van der Waals surface area (Å²) in [7, 11) is -0.437. The van der Waals surface area contributed by atoms with E-state index in [1.165, 1.54) is 0 Å². The molecular weight excluding hydrogens is 410 g/mol. The fourth-order valence-corrected chi connectivity index (χ4v) is 6.23. The predicted molar refractivity (Wildman–Crippen MR) is 122 cm³/mol. The third-order valence-electron chi connectivity index (χ3n) is 7.52. The average molecular weight is 446 g/mol. The topological polar surface area (TPSA) is 81.0 Å². The number of benzene rings is 1. The van der Waals surface area contributed by atoms with Crippen LogP contribution in [-0.2, 0) is 13.9 Å². The normalized spacial score (nSPS) is 32.1. The largest absolute Gasteiger partial charge is 0.496 e. The van der Waals surface area contributed by atoms with Gasteiger partial charge in [-0.05, 0) is 49.2 Å². The second-order valence-corrected chi connectivity index (χ2v) is 15.4. The van der Waals surface area contributed by atoms with Gasteiger partial charge in [0.1, 0.15) is 11.4 Å². The van der Waals surface area contributed by atoms with Gasteiger partial charge in [0, 0.05) is 24.2 Å². The highest BCUT2D eigenvalue weighted by atomic mass is 28.4. The Balaban J connectivity index is 1.87. The minimum atomic E-state index is -2.12. The minimum Gasteiger partial charge on any atom is -0.496 e. The van der Waals surface area contributed by atoms with Crippen molar-refractivity contribution in [2.24, 2.45) is 0 Å².